The molecule has 2 heterocycles. The van der Waals surface area contributed by atoms with E-state index in [9.17, 15) is 5.21 Å². The molecule has 0 spiro atoms. The van der Waals surface area contributed by atoms with Gasteiger partial charge in [-0.3, -0.25) is 0 Å². The largest absolute Gasteiger partial charge is 0.497 e. The van der Waals surface area contributed by atoms with Crippen LogP contribution >= 0.6 is 0 Å². The highest BCUT2D eigenvalue weighted by atomic mass is 16.5. The van der Waals surface area contributed by atoms with Crippen molar-refractivity contribution in [1.82, 2.24) is 5.06 Å². The molecule has 0 aromatic carbocycles. The Bertz CT molecular complexity index is 548. The standard InChI is InChI=1S/C17H23NO3/c1-10-5-11-3-4-18(19)9-12-7-13(20-2)8-15-17(12)16(11)14(6-10)21-15/h7-8,10-12,17,19H,3-6,9H2,1-2H3. The van der Waals surface area contributed by atoms with E-state index in [-0.39, 0.29) is 5.92 Å². The lowest BCUT2D eigenvalue weighted by Gasteiger charge is -2.37. The lowest BCUT2D eigenvalue weighted by atomic mass is 9.69. The van der Waals surface area contributed by atoms with Crippen molar-refractivity contribution in [2.24, 2.45) is 23.7 Å². The normalized spacial score (nSPS) is 38.8. The zero-order valence-corrected chi connectivity index (χ0v) is 12.7. The Morgan fingerprint density at radius 3 is 3.10 bits per heavy atom. The molecular weight excluding hydrogens is 266 g/mol. The molecule has 2 aliphatic carbocycles. The minimum atomic E-state index is 0.244. The van der Waals surface area contributed by atoms with Crippen LogP contribution in [0.3, 0.4) is 0 Å². The SMILES string of the molecule is COC1=CC2CN(O)CCC3CC(C)CC4=C3C2C(=C1)O4. The molecule has 0 aromatic rings. The molecule has 0 aromatic heterocycles. The lowest BCUT2D eigenvalue weighted by Crippen LogP contribution is -2.38. The number of hydrogen-bond donors (Lipinski definition) is 1. The van der Waals surface area contributed by atoms with E-state index in [1.54, 1.807) is 7.11 Å². The van der Waals surface area contributed by atoms with Crippen LogP contribution in [0.25, 0.3) is 0 Å². The van der Waals surface area contributed by atoms with Crippen LogP contribution in [0.4, 0.5) is 0 Å². The van der Waals surface area contributed by atoms with Crippen LogP contribution < -0.4 is 0 Å². The van der Waals surface area contributed by atoms with Gasteiger partial charge in [-0.2, -0.15) is 5.06 Å². The van der Waals surface area contributed by atoms with Crippen molar-refractivity contribution in [1.29, 1.82) is 0 Å². The number of allylic oxidation sites excluding steroid dienone is 3. The first-order valence-corrected chi connectivity index (χ1v) is 7.97. The highest BCUT2D eigenvalue weighted by molar-refractivity contribution is 5.40. The number of hydroxylamine groups is 2. The molecule has 4 atom stereocenters. The molecule has 1 saturated heterocycles. The maximum absolute atomic E-state index is 10.2. The van der Waals surface area contributed by atoms with Crippen molar-refractivity contribution < 1.29 is 14.7 Å². The van der Waals surface area contributed by atoms with Gasteiger partial charge in [-0.25, -0.2) is 0 Å². The van der Waals surface area contributed by atoms with E-state index in [2.05, 4.69) is 13.0 Å². The van der Waals surface area contributed by atoms with Crippen LogP contribution in [0.15, 0.2) is 35.0 Å². The van der Waals surface area contributed by atoms with Crippen LogP contribution in [0.1, 0.15) is 26.2 Å². The highest BCUT2D eigenvalue weighted by Crippen LogP contribution is 2.53. The van der Waals surface area contributed by atoms with Crippen LogP contribution in [-0.2, 0) is 9.47 Å². The molecule has 4 unspecified atom stereocenters. The molecule has 4 aliphatic rings. The smallest absolute Gasteiger partial charge is 0.118 e. The number of rotatable bonds is 1. The lowest BCUT2D eigenvalue weighted by molar-refractivity contribution is -0.107. The van der Waals surface area contributed by atoms with Crippen molar-refractivity contribution in [3.8, 4) is 0 Å². The van der Waals surface area contributed by atoms with Gasteiger partial charge in [-0.1, -0.05) is 6.92 Å². The topological polar surface area (TPSA) is 41.9 Å². The number of nitrogens with zero attached hydrogens (tertiary/aromatic N) is 1. The summed E-state index contributed by atoms with van der Waals surface area (Å²) in [5.74, 6) is 4.85. The minimum absolute atomic E-state index is 0.244. The summed E-state index contributed by atoms with van der Waals surface area (Å²) in [5, 5.41) is 11.6. The van der Waals surface area contributed by atoms with Gasteiger partial charge < -0.3 is 14.7 Å². The van der Waals surface area contributed by atoms with Gasteiger partial charge in [-0.05, 0) is 36.3 Å². The van der Waals surface area contributed by atoms with Gasteiger partial charge in [0.15, 0.2) is 0 Å². The average molecular weight is 289 g/mol. The van der Waals surface area contributed by atoms with Crippen LogP contribution in [0, 0.1) is 23.7 Å². The summed E-state index contributed by atoms with van der Waals surface area (Å²) >= 11 is 0. The van der Waals surface area contributed by atoms with Gasteiger partial charge in [0, 0.05) is 37.4 Å². The summed E-state index contributed by atoms with van der Waals surface area (Å²) in [6.45, 7) is 3.69. The van der Waals surface area contributed by atoms with E-state index in [1.165, 1.54) is 22.8 Å². The highest BCUT2D eigenvalue weighted by Gasteiger charge is 2.46. The molecule has 1 N–H and O–H groups in total. The second kappa shape index (κ2) is 4.89. The summed E-state index contributed by atoms with van der Waals surface area (Å²) in [4.78, 5) is 0. The maximum atomic E-state index is 10.2. The zero-order chi connectivity index (χ0) is 14.6. The Morgan fingerprint density at radius 1 is 1.43 bits per heavy atom. The molecular formula is C17H23NO3. The van der Waals surface area contributed by atoms with E-state index in [1.807, 2.05) is 6.08 Å². The minimum Gasteiger partial charge on any atom is -0.497 e. The third-order valence-electron chi connectivity index (χ3n) is 5.35. The molecule has 0 bridgehead atoms. The van der Waals surface area contributed by atoms with Gasteiger partial charge in [0.05, 0.1) is 7.11 Å². The van der Waals surface area contributed by atoms with Gasteiger partial charge in [0.25, 0.3) is 0 Å². The third-order valence-corrected chi connectivity index (χ3v) is 5.35. The summed E-state index contributed by atoms with van der Waals surface area (Å²) < 4.78 is 11.6. The monoisotopic (exact) mass is 289 g/mol. The molecule has 4 heteroatoms. The van der Waals surface area contributed by atoms with Crippen molar-refractivity contribution in [2.45, 2.75) is 26.2 Å². The molecule has 4 nitrogen and oxygen atoms in total. The van der Waals surface area contributed by atoms with Gasteiger partial charge in [-0.15, -0.1) is 0 Å². The molecule has 2 aliphatic heterocycles. The van der Waals surface area contributed by atoms with E-state index < -0.39 is 0 Å². The van der Waals surface area contributed by atoms with Crippen LogP contribution in [0.5, 0.6) is 0 Å². The first kappa shape index (κ1) is 13.4. The van der Waals surface area contributed by atoms with E-state index >= 15 is 0 Å². The predicted molar refractivity (Wildman–Crippen MR) is 78.1 cm³/mol. The molecule has 114 valence electrons. The number of hydrogen-bond acceptors (Lipinski definition) is 4. The average Bonchev–Trinajstić information content (AvgIpc) is 2.80. The molecule has 1 fully saturated rings. The fraction of sp³-hybridized carbons (Fsp3) is 0.647. The first-order valence-electron chi connectivity index (χ1n) is 7.97. The Hall–Kier alpha value is -1.26. The molecule has 21 heavy (non-hydrogen) atoms. The zero-order valence-electron chi connectivity index (χ0n) is 12.7. The maximum Gasteiger partial charge on any atom is 0.118 e. The fourth-order valence-corrected chi connectivity index (χ4v) is 4.50. The summed E-state index contributed by atoms with van der Waals surface area (Å²) in [5.41, 5.74) is 1.52. The van der Waals surface area contributed by atoms with E-state index in [4.69, 9.17) is 9.47 Å². The predicted octanol–water partition coefficient (Wildman–Crippen LogP) is 3.07. The summed E-state index contributed by atoms with van der Waals surface area (Å²) in [7, 11) is 1.69. The van der Waals surface area contributed by atoms with Crippen LogP contribution in [0.2, 0.25) is 0 Å². The van der Waals surface area contributed by atoms with E-state index in [0.29, 0.717) is 24.3 Å². The summed E-state index contributed by atoms with van der Waals surface area (Å²) in [6, 6.07) is 0. The molecule has 0 radical (unpaired) electrons. The third kappa shape index (κ3) is 2.12. The summed E-state index contributed by atoms with van der Waals surface area (Å²) in [6.07, 6.45) is 7.48. The Morgan fingerprint density at radius 2 is 2.29 bits per heavy atom. The molecule has 0 amide bonds. The van der Waals surface area contributed by atoms with Crippen molar-refractivity contribution >= 4 is 0 Å². The van der Waals surface area contributed by atoms with Gasteiger partial charge in [0.2, 0.25) is 0 Å². The van der Waals surface area contributed by atoms with E-state index in [0.717, 1.165) is 30.9 Å². The van der Waals surface area contributed by atoms with Crippen molar-refractivity contribution in [3.05, 3.63) is 35.0 Å². The number of methoxy groups -OCH3 is 1. The number of ether oxygens (including phenoxy) is 2. The molecule has 4 rings (SSSR count). The van der Waals surface area contributed by atoms with Gasteiger partial charge >= 0.3 is 0 Å². The van der Waals surface area contributed by atoms with Crippen molar-refractivity contribution in [2.75, 3.05) is 20.2 Å². The quantitative estimate of drug-likeness (QED) is 0.805. The molecule has 0 saturated carbocycles. The Labute approximate surface area is 125 Å². The second-order valence-corrected chi connectivity index (χ2v) is 6.89. The Kier molecular flexibility index (Phi) is 3.12. The van der Waals surface area contributed by atoms with Gasteiger partial charge in [0.1, 0.15) is 17.3 Å². The first-order chi connectivity index (χ1) is 10.2. The Balaban J connectivity index is 1.78. The van der Waals surface area contributed by atoms with Crippen LogP contribution in [-0.4, -0.2) is 30.5 Å². The fourth-order valence-electron chi connectivity index (χ4n) is 4.50. The second-order valence-electron chi connectivity index (χ2n) is 6.89. The van der Waals surface area contributed by atoms with Crippen molar-refractivity contribution in [3.63, 3.8) is 0 Å².